The van der Waals surface area contributed by atoms with Gasteiger partial charge in [0.25, 0.3) is 0 Å². The highest BCUT2D eigenvalue weighted by atomic mass is 35.5. The fraction of sp³-hybridized carbons (Fsp3) is 0.500. The normalized spacial score (nSPS) is 16.7. The third kappa shape index (κ3) is 3.44. The van der Waals surface area contributed by atoms with E-state index in [-0.39, 0.29) is 12.3 Å². The Bertz CT molecular complexity index is 603. The molecule has 2 rings (SSSR count). The number of aromatic nitrogens is 2. The number of carboxylic acid groups (broad SMARTS) is 1. The van der Waals surface area contributed by atoms with Gasteiger partial charge in [-0.1, -0.05) is 11.6 Å². The number of carbonyl (C=O) groups excluding carboxylic acids is 1. The van der Waals surface area contributed by atoms with Gasteiger partial charge in [0.1, 0.15) is 5.15 Å². The third-order valence-corrected chi connectivity index (χ3v) is 4.23. The second kappa shape index (κ2) is 5.89. The van der Waals surface area contributed by atoms with E-state index >= 15 is 0 Å². The maximum atomic E-state index is 12.0. The number of rotatable bonds is 5. The third-order valence-electron chi connectivity index (χ3n) is 3.79. The molecular formula is C14H18ClN3O3. The lowest BCUT2D eigenvalue weighted by molar-refractivity contribution is -0.140. The molecule has 0 atom stereocenters. The number of hydrogen-bond acceptors (Lipinski definition) is 3. The molecule has 1 aromatic heterocycles. The highest BCUT2D eigenvalue weighted by Crippen LogP contribution is 2.34. The highest BCUT2D eigenvalue weighted by molar-refractivity contribution is 6.31. The molecule has 21 heavy (non-hydrogen) atoms. The van der Waals surface area contributed by atoms with Crippen molar-refractivity contribution in [2.24, 2.45) is 7.05 Å². The molecule has 0 unspecified atom stereocenters. The number of hydrogen-bond donors (Lipinski definition) is 2. The van der Waals surface area contributed by atoms with Crippen molar-refractivity contribution in [2.45, 2.75) is 38.1 Å². The van der Waals surface area contributed by atoms with Gasteiger partial charge in [0, 0.05) is 18.7 Å². The highest BCUT2D eigenvalue weighted by Gasteiger charge is 2.39. The van der Waals surface area contributed by atoms with Crippen LogP contribution < -0.4 is 5.32 Å². The number of aryl methyl sites for hydroxylation is 2. The summed E-state index contributed by atoms with van der Waals surface area (Å²) in [7, 11) is 1.73. The minimum Gasteiger partial charge on any atom is -0.481 e. The number of amides is 1. The molecule has 6 nitrogen and oxygen atoms in total. The summed E-state index contributed by atoms with van der Waals surface area (Å²) in [5.41, 5.74) is 0.826. The molecule has 0 aliphatic heterocycles. The monoisotopic (exact) mass is 311 g/mol. The topological polar surface area (TPSA) is 84.2 Å². The fourth-order valence-corrected chi connectivity index (χ4v) is 2.77. The quantitative estimate of drug-likeness (QED) is 0.814. The minimum atomic E-state index is -0.898. The standard InChI is InChI=1S/C14H18ClN3O3/c1-9-10(13(15)18(2)17-9)4-5-11(19)16-14(6-3-7-14)8-12(20)21/h4-5H,3,6-8H2,1-2H3,(H,16,19)(H,20,21). The van der Waals surface area contributed by atoms with Gasteiger partial charge in [-0.2, -0.15) is 5.10 Å². The van der Waals surface area contributed by atoms with Crippen molar-refractivity contribution in [3.05, 3.63) is 22.5 Å². The number of carboxylic acids is 1. The second-order valence-corrected chi connectivity index (χ2v) is 5.80. The molecule has 1 aliphatic carbocycles. The predicted molar refractivity (Wildman–Crippen MR) is 79.0 cm³/mol. The molecule has 0 radical (unpaired) electrons. The van der Waals surface area contributed by atoms with Crippen LogP contribution in [0.2, 0.25) is 5.15 Å². The zero-order valence-electron chi connectivity index (χ0n) is 12.0. The maximum Gasteiger partial charge on any atom is 0.305 e. The van der Waals surface area contributed by atoms with Crippen molar-refractivity contribution in [2.75, 3.05) is 0 Å². The van der Waals surface area contributed by atoms with Crippen molar-refractivity contribution in [1.29, 1.82) is 0 Å². The van der Waals surface area contributed by atoms with Crippen molar-refractivity contribution >= 4 is 29.6 Å². The molecule has 2 N–H and O–H groups in total. The van der Waals surface area contributed by atoms with Gasteiger partial charge in [-0.05, 0) is 32.3 Å². The molecule has 0 aromatic carbocycles. The molecule has 1 heterocycles. The summed E-state index contributed by atoms with van der Waals surface area (Å²) in [6.45, 7) is 1.81. The first-order chi connectivity index (χ1) is 9.83. The van der Waals surface area contributed by atoms with E-state index in [1.54, 1.807) is 20.0 Å². The summed E-state index contributed by atoms with van der Waals surface area (Å²) in [6.07, 6.45) is 5.27. The van der Waals surface area contributed by atoms with E-state index in [1.807, 2.05) is 0 Å². The first kappa shape index (κ1) is 15.6. The Labute approximate surface area is 127 Å². The molecule has 114 valence electrons. The van der Waals surface area contributed by atoms with Crippen molar-refractivity contribution in [3.8, 4) is 0 Å². The van der Waals surface area contributed by atoms with E-state index in [4.69, 9.17) is 16.7 Å². The van der Waals surface area contributed by atoms with Crippen LogP contribution in [0.25, 0.3) is 6.08 Å². The van der Waals surface area contributed by atoms with Crippen LogP contribution in [0.4, 0.5) is 0 Å². The molecule has 1 aromatic rings. The van der Waals surface area contributed by atoms with Crippen LogP contribution in [0.15, 0.2) is 6.08 Å². The van der Waals surface area contributed by atoms with Crippen molar-refractivity contribution in [1.82, 2.24) is 15.1 Å². The Morgan fingerprint density at radius 1 is 1.52 bits per heavy atom. The smallest absolute Gasteiger partial charge is 0.305 e. The van der Waals surface area contributed by atoms with E-state index < -0.39 is 11.5 Å². The van der Waals surface area contributed by atoms with E-state index in [1.165, 1.54) is 10.8 Å². The number of nitrogens with zero attached hydrogens (tertiary/aromatic N) is 2. The zero-order valence-corrected chi connectivity index (χ0v) is 12.8. The van der Waals surface area contributed by atoms with E-state index in [2.05, 4.69) is 10.4 Å². The van der Waals surface area contributed by atoms with E-state index in [0.29, 0.717) is 23.6 Å². The Morgan fingerprint density at radius 2 is 2.19 bits per heavy atom. The van der Waals surface area contributed by atoms with Crippen LogP contribution in [0.3, 0.4) is 0 Å². The van der Waals surface area contributed by atoms with Crippen LogP contribution >= 0.6 is 11.6 Å². The summed E-state index contributed by atoms with van der Waals surface area (Å²) < 4.78 is 1.53. The molecule has 1 saturated carbocycles. The van der Waals surface area contributed by atoms with Gasteiger partial charge in [-0.3, -0.25) is 14.3 Å². The van der Waals surface area contributed by atoms with Gasteiger partial charge in [-0.25, -0.2) is 0 Å². The van der Waals surface area contributed by atoms with Crippen LogP contribution in [0.5, 0.6) is 0 Å². The first-order valence-corrected chi connectivity index (χ1v) is 7.12. The first-order valence-electron chi connectivity index (χ1n) is 6.74. The van der Waals surface area contributed by atoms with Crippen LogP contribution in [-0.4, -0.2) is 32.3 Å². The number of halogens is 1. The lowest BCUT2D eigenvalue weighted by Gasteiger charge is -2.41. The SMILES string of the molecule is Cc1nn(C)c(Cl)c1C=CC(=O)NC1(CC(=O)O)CCC1. The molecule has 1 amide bonds. The Morgan fingerprint density at radius 3 is 2.62 bits per heavy atom. The Balaban J connectivity index is 2.04. The van der Waals surface area contributed by atoms with Crippen molar-refractivity contribution < 1.29 is 14.7 Å². The lowest BCUT2D eigenvalue weighted by Crippen LogP contribution is -2.54. The summed E-state index contributed by atoms with van der Waals surface area (Å²) in [5.74, 6) is -1.21. The number of nitrogens with one attached hydrogen (secondary N) is 1. The van der Waals surface area contributed by atoms with Gasteiger partial charge in [0.2, 0.25) is 5.91 Å². The summed E-state index contributed by atoms with van der Waals surface area (Å²) in [6, 6.07) is 0. The van der Waals surface area contributed by atoms with E-state index in [9.17, 15) is 9.59 Å². The average Bonchev–Trinajstić information content (AvgIpc) is 2.58. The number of carbonyl (C=O) groups is 2. The summed E-state index contributed by atoms with van der Waals surface area (Å²) in [5, 5.41) is 16.3. The summed E-state index contributed by atoms with van der Waals surface area (Å²) >= 11 is 6.08. The average molecular weight is 312 g/mol. The maximum absolute atomic E-state index is 12.0. The fourth-order valence-electron chi connectivity index (χ4n) is 2.54. The van der Waals surface area contributed by atoms with E-state index in [0.717, 1.165) is 12.1 Å². The molecule has 0 spiro atoms. The minimum absolute atomic E-state index is 0.0424. The van der Waals surface area contributed by atoms with Crippen molar-refractivity contribution in [3.63, 3.8) is 0 Å². The zero-order chi connectivity index (χ0) is 15.6. The molecule has 1 aliphatic rings. The molecule has 7 heteroatoms. The Hall–Kier alpha value is -1.82. The molecule has 0 saturated heterocycles. The Kier molecular flexibility index (Phi) is 4.37. The van der Waals surface area contributed by atoms with Gasteiger partial charge < -0.3 is 10.4 Å². The largest absolute Gasteiger partial charge is 0.481 e. The van der Waals surface area contributed by atoms with Crippen LogP contribution in [0.1, 0.15) is 36.9 Å². The van der Waals surface area contributed by atoms with Gasteiger partial charge in [0.15, 0.2) is 0 Å². The molecular weight excluding hydrogens is 294 g/mol. The molecule has 1 fully saturated rings. The van der Waals surface area contributed by atoms with Crippen LogP contribution in [0, 0.1) is 6.92 Å². The van der Waals surface area contributed by atoms with Gasteiger partial charge in [0.05, 0.1) is 17.7 Å². The predicted octanol–water partition coefficient (Wildman–Crippen LogP) is 1.91. The van der Waals surface area contributed by atoms with Crippen LogP contribution in [-0.2, 0) is 16.6 Å². The lowest BCUT2D eigenvalue weighted by atomic mass is 9.74. The molecule has 0 bridgehead atoms. The summed E-state index contributed by atoms with van der Waals surface area (Å²) in [4.78, 5) is 22.8. The second-order valence-electron chi connectivity index (χ2n) is 5.44. The van der Waals surface area contributed by atoms with Gasteiger partial charge >= 0.3 is 5.97 Å². The number of aliphatic carboxylic acids is 1. The van der Waals surface area contributed by atoms with Gasteiger partial charge in [-0.15, -0.1) is 0 Å².